The Labute approximate surface area is 70.8 Å². The third-order valence-corrected chi connectivity index (χ3v) is 1.95. The molecule has 0 N–H and O–H groups in total. The SMILES string of the molecule is SCC1=NC2C=CC=CC2=N1. The molecule has 0 aromatic heterocycles. The van der Waals surface area contributed by atoms with Gasteiger partial charge in [0.2, 0.25) is 0 Å². The van der Waals surface area contributed by atoms with E-state index in [9.17, 15) is 0 Å². The summed E-state index contributed by atoms with van der Waals surface area (Å²) in [7, 11) is 0. The third kappa shape index (κ3) is 1.16. The molecule has 0 spiro atoms. The van der Waals surface area contributed by atoms with Gasteiger partial charge in [0.15, 0.2) is 0 Å². The third-order valence-electron chi connectivity index (χ3n) is 1.66. The topological polar surface area (TPSA) is 24.7 Å². The number of rotatable bonds is 1. The highest BCUT2D eigenvalue weighted by molar-refractivity contribution is 7.81. The Hall–Kier alpha value is -0.830. The van der Waals surface area contributed by atoms with E-state index >= 15 is 0 Å². The largest absolute Gasteiger partial charge is 0.256 e. The summed E-state index contributed by atoms with van der Waals surface area (Å²) in [5, 5.41) is 0. The fourth-order valence-corrected chi connectivity index (χ4v) is 1.30. The van der Waals surface area contributed by atoms with Crippen molar-refractivity contribution in [3.05, 3.63) is 24.3 Å². The van der Waals surface area contributed by atoms with Crippen molar-refractivity contribution in [2.24, 2.45) is 9.98 Å². The lowest BCUT2D eigenvalue weighted by molar-refractivity contribution is 1.11. The highest BCUT2D eigenvalue weighted by atomic mass is 32.1. The van der Waals surface area contributed by atoms with E-state index in [0.29, 0.717) is 5.75 Å². The van der Waals surface area contributed by atoms with Crippen LogP contribution in [-0.4, -0.2) is 23.3 Å². The van der Waals surface area contributed by atoms with Gasteiger partial charge in [-0.25, -0.2) is 4.99 Å². The van der Waals surface area contributed by atoms with Crippen molar-refractivity contribution in [2.75, 3.05) is 5.75 Å². The minimum absolute atomic E-state index is 0.169. The lowest BCUT2D eigenvalue weighted by Crippen LogP contribution is -2.11. The molecule has 0 amide bonds. The molecule has 1 atom stereocenters. The van der Waals surface area contributed by atoms with Crippen LogP contribution in [0.3, 0.4) is 0 Å². The van der Waals surface area contributed by atoms with Crippen molar-refractivity contribution in [3.8, 4) is 0 Å². The van der Waals surface area contributed by atoms with Crippen molar-refractivity contribution >= 4 is 24.2 Å². The lowest BCUT2D eigenvalue weighted by Gasteiger charge is -2.02. The molecule has 0 saturated carbocycles. The van der Waals surface area contributed by atoms with Gasteiger partial charge in [0.1, 0.15) is 11.9 Å². The van der Waals surface area contributed by atoms with Crippen LogP contribution < -0.4 is 0 Å². The zero-order valence-corrected chi connectivity index (χ0v) is 6.83. The molecular formula is C8H8N2S. The van der Waals surface area contributed by atoms with Crippen LogP contribution in [0.4, 0.5) is 0 Å². The number of fused-ring (bicyclic) bond motifs is 1. The van der Waals surface area contributed by atoms with Gasteiger partial charge in [-0.1, -0.05) is 18.2 Å². The summed E-state index contributed by atoms with van der Waals surface area (Å²) >= 11 is 4.11. The molecule has 1 unspecified atom stereocenters. The first-order chi connectivity index (χ1) is 5.40. The summed E-state index contributed by atoms with van der Waals surface area (Å²) in [6.07, 6.45) is 8.00. The summed E-state index contributed by atoms with van der Waals surface area (Å²) < 4.78 is 0. The average Bonchev–Trinajstić information content (AvgIpc) is 2.46. The van der Waals surface area contributed by atoms with Gasteiger partial charge in [-0.15, -0.1) is 0 Å². The minimum Gasteiger partial charge on any atom is -0.256 e. The van der Waals surface area contributed by atoms with Crippen molar-refractivity contribution in [1.29, 1.82) is 0 Å². The Balaban J connectivity index is 2.31. The van der Waals surface area contributed by atoms with Crippen LogP contribution in [0.2, 0.25) is 0 Å². The molecule has 1 aliphatic carbocycles. The molecule has 3 heteroatoms. The number of nitrogens with zero attached hydrogens (tertiary/aromatic N) is 2. The van der Waals surface area contributed by atoms with Gasteiger partial charge < -0.3 is 0 Å². The Morgan fingerprint density at radius 1 is 1.45 bits per heavy atom. The molecule has 56 valence electrons. The number of amidine groups is 1. The summed E-state index contributed by atoms with van der Waals surface area (Å²) in [6, 6.07) is 0.169. The highest BCUT2D eigenvalue weighted by Crippen LogP contribution is 2.12. The predicted octanol–water partition coefficient (Wildman–Crippen LogP) is 1.26. The molecule has 11 heavy (non-hydrogen) atoms. The second kappa shape index (κ2) is 2.66. The van der Waals surface area contributed by atoms with Crippen molar-refractivity contribution in [3.63, 3.8) is 0 Å². The number of aliphatic imine (C=N–C) groups is 2. The fourth-order valence-electron chi connectivity index (χ4n) is 1.15. The molecule has 2 rings (SSSR count). The van der Waals surface area contributed by atoms with E-state index < -0.39 is 0 Å². The number of allylic oxidation sites excluding steroid dienone is 2. The maximum atomic E-state index is 4.33. The first-order valence-electron chi connectivity index (χ1n) is 3.51. The number of hydrogen-bond acceptors (Lipinski definition) is 3. The molecule has 0 aromatic rings. The van der Waals surface area contributed by atoms with Gasteiger partial charge in [0.05, 0.1) is 11.5 Å². The molecular weight excluding hydrogens is 156 g/mol. The number of thiol groups is 1. The van der Waals surface area contributed by atoms with Crippen LogP contribution >= 0.6 is 12.6 Å². The Morgan fingerprint density at radius 2 is 2.36 bits per heavy atom. The van der Waals surface area contributed by atoms with Gasteiger partial charge in [0.25, 0.3) is 0 Å². The summed E-state index contributed by atoms with van der Waals surface area (Å²) in [5.74, 6) is 1.46. The van der Waals surface area contributed by atoms with Crippen molar-refractivity contribution in [2.45, 2.75) is 6.04 Å². The first kappa shape index (κ1) is 6.85. The van der Waals surface area contributed by atoms with E-state index in [1.165, 1.54) is 0 Å². The smallest absolute Gasteiger partial charge is 0.134 e. The van der Waals surface area contributed by atoms with Crippen LogP contribution in [0.5, 0.6) is 0 Å². The van der Waals surface area contributed by atoms with Crippen LogP contribution in [-0.2, 0) is 0 Å². The molecule has 2 aliphatic rings. The quantitative estimate of drug-likeness (QED) is 0.564. The molecule has 1 heterocycles. The first-order valence-corrected chi connectivity index (χ1v) is 4.14. The van der Waals surface area contributed by atoms with Crippen LogP contribution in [0.25, 0.3) is 0 Å². The van der Waals surface area contributed by atoms with Gasteiger partial charge >= 0.3 is 0 Å². The molecule has 2 nitrogen and oxygen atoms in total. The van der Waals surface area contributed by atoms with Gasteiger partial charge in [-0.2, -0.15) is 12.6 Å². The molecule has 0 aromatic carbocycles. The van der Waals surface area contributed by atoms with Gasteiger partial charge in [-0.05, 0) is 6.08 Å². The molecule has 0 radical (unpaired) electrons. The lowest BCUT2D eigenvalue weighted by atomic mass is 10.1. The molecule has 0 bridgehead atoms. The van der Waals surface area contributed by atoms with Crippen molar-refractivity contribution < 1.29 is 0 Å². The normalized spacial score (nSPS) is 26.5. The Bertz CT molecular complexity index is 286. The summed E-state index contributed by atoms with van der Waals surface area (Å²) in [6.45, 7) is 0. The predicted molar refractivity (Wildman–Crippen MR) is 50.8 cm³/mol. The standard InChI is InChI=1S/C8H8N2S/c11-5-8-9-6-3-1-2-4-7(6)10-8/h1-4,6,11H,5H2. The van der Waals surface area contributed by atoms with Crippen LogP contribution in [0, 0.1) is 0 Å². The van der Waals surface area contributed by atoms with Crippen molar-refractivity contribution in [1.82, 2.24) is 0 Å². The van der Waals surface area contributed by atoms with E-state index in [0.717, 1.165) is 11.5 Å². The maximum Gasteiger partial charge on any atom is 0.134 e. The van der Waals surface area contributed by atoms with Gasteiger partial charge in [0, 0.05) is 0 Å². The van der Waals surface area contributed by atoms with E-state index in [1.807, 2.05) is 24.3 Å². The fraction of sp³-hybridized carbons (Fsp3) is 0.250. The van der Waals surface area contributed by atoms with Gasteiger partial charge in [-0.3, -0.25) is 4.99 Å². The monoisotopic (exact) mass is 164 g/mol. The summed E-state index contributed by atoms with van der Waals surface area (Å²) in [5.41, 5.74) is 1.04. The van der Waals surface area contributed by atoms with Crippen LogP contribution in [0.15, 0.2) is 34.3 Å². The van der Waals surface area contributed by atoms with Crippen LogP contribution in [0.1, 0.15) is 0 Å². The average molecular weight is 164 g/mol. The van der Waals surface area contributed by atoms with E-state index in [4.69, 9.17) is 0 Å². The second-order valence-electron chi connectivity index (χ2n) is 2.43. The van der Waals surface area contributed by atoms with E-state index in [2.05, 4.69) is 22.6 Å². The Morgan fingerprint density at radius 3 is 3.09 bits per heavy atom. The summed E-state index contributed by atoms with van der Waals surface area (Å²) in [4.78, 5) is 8.61. The van der Waals surface area contributed by atoms with E-state index in [1.54, 1.807) is 0 Å². The zero-order valence-electron chi connectivity index (χ0n) is 5.94. The Kier molecular flexibility index (Phi) is 1.66. The zero-order chi connectivity index (χ0) is 7.68. The number of hydrogen-bond donors (Lipinski definition) is 1. The maximum absolute atomic E-state index is 4.33. The molecule has 0 fully saturated rings. The minimum atomic E-state index is 0.169. The highest BCUT2D eigenvalue weighted by Gasteiger charge is 2.18. The second-order valence-corrected chi connectivity index (χ2v) is 2.75. The van der Waals surface area contributed by atoms with E-state index in [-0.39, 0.29) is 6.04 Å². The molecule has 0 saturated heterocycles. The molecule has 1 aliphatic heterocycles.